The summed E-state index contributed by atoms with van der Waals surface area (Å²) in [6.45, 7) is 4.30. The molecule has 0 saturated carbocycles. The van der Waals surface area contributed by atoms with Gasteiger partial charge < -0.3 is 15.4 Å². The largest absolute Gasteiger partial charge is 0.384 e. The maximum absolute atomic E-state index is 13.0. The SMILES string of the molecule is COCC1(C(=O)Nc2ccc(C)c(N3CCCS3(=O)=O)c2)CCNCC1. The third-order valence-corrected chi connectivity index (χ3v) is 7.15. The monoisotopic (exact) mass is 381 g/mol. The molecule has 0 spiro atoms. The van der Waals surface area contributed by atoms with Gasteiger partial charge in [-0.05, 0) is 57.0 Å². The summed E-state index contributed by atoms with van der Waals surface area (Å²) in [6, 6.07) is 5.43. The number of benzene rings is 1. The fraction of sp³-hybridized carbons (Fsp3) is 0.611. The molecule has 0 bridgehead atoms. The summed E-state index contributed by atoms with van der Waals surface area (Å²) < 4.78 is 31.3. The topological polar surface area (TPSA) is 87.7 Å². The maximum Gasteiger partial charge on any atom is 0.235 e. The Hall–Kier alpha value is -1.64. The Labute approximate surface area is 155 Å². The first-order valence-corrected chi connectivity index (χ1v) is 10.6. The standard InChI is InChI=1S/C18H27N3O4S/c1-14-4-5-15(12-16(14)21-10-3-11-26(21,23)24)20-17(22)18(13-25-2)6-8-19-9-7-18/h4-5,12,19H,3,6-11,13H2,1-2H3,(H,20,22). The summed E-state index contributed by atoms with van der Waals surface area (Å²) >= 11 is 0. The lowest BCUT2D eigenvalue weighted by molar-refractivity contribution is -0.130. The highest BCUT2D eigenvalue weighted by Gasteiger charge is 2.40. The average molecular weight is 381 g/mol. The third kappa shape index (κ3) is 3.72. The van der Waals surface area contributed by atoms with Gasteiger partial charge in [0.15, 0.2) is 0 Å². The molecule has 0 aromatic heterocycles. The number of hydrogen-bond acceptors (Lipinski definition) is 5. The van der Waals surface area contributed by atoms with Crippen LogP contribution in [-0.4, -0.2) is 53.4 Å². The highest BCUT2D eigenvalue weighted by molar-refractivity contribution is 7.93. The van der Waals surface area contributed by atoms with Crippen molar-refractivity contribution in [1.29, 1.82) is 0 Å². The lowest BCUT2D eigenvalue weighted by atomic mass is 9.78. The van der Waals surface area contributed by atoms with Gasteiger partial charge >= 0.3 is 0 Å². The summed E-state index contributed by atoms with van der Waals surface area (Å²) in [6.07, 6.45) is 2.06. The minimum absolute atomic E-state index is 0.0695. The van der Waals surface area contributed by atoms with Crippen LogP contribution >= 0.6 is 0 Å². The maximum atomic E-state index is 13.0. The van der Waals surface area contributed by atoms with E-state index in [0.717, 1.165) is 18.7 Å². The predicted octanol–water partition coefficient (Wildman–Crippen LogP) is 1.49. The Morgan fingerprint density at radius 3 is 2.69 bits per heavy atom. The Kier molecular flexibility index (Phi) is 5.55. The summed E-state index contributed by atoms with van der Waals surface area (Å²) in [5.41, 5.74) is 1.59. The summed E-state index contributed by atoms with van der Waals surface area (Å²) in [5, 5.41) is 6.26. The Morgan fingerprint density at radius 1 is 1.35 bits per heavy atom. The van der Waals surface area contributed by atoms with E-state index in [2.05, 4.69) is 10.6 Å². The van der Waals surface area contributed by atoms with Gasteiger partial charge in [0.25, 0.3) is 0 Å². The van der Waals surface area contributed by atoms with E-state index < -0.39 is 15.4 Å². The number of ether oxygens (including phenoxy) is 1. The highest BCUT2D eigenvalue weighted by Crippen LogP contribution is 2.33. The number of methoxy groups -OCH3 is 1. The van der Waals surface area contributed by atoms with Crippen LogP contribution in [0.3, 0.4) is 0 Å². The van der Waals surface area contributed by atoms with Gasteiger partial charge in [-0.2, -0.15) is 0 Å². The number of amides is 1. The van der Waals surface area contributed by atoms with E-state index in [0.29, 0.717) is 43.8 Å². The average Bonchev–Trinajstić information content (AvgIpc) is 2.96. The number of anilines is 2. The van der Waals surface area contributed by atoms with Gasteiger partial charge in [0.1, 0.15) is 0 Å². The van der Waals surface area contributed by atoms with E-state index in [1.807, 2.05) is 19.1 Å². The van der Waals surface area contributed by atoms with Crippen molar-refractivity contribution in [3.63, 3.8) is 0 Å². The normalized spacial score (nSPS) is 21.5. The lowest BCUT2D eigenvalue weighted by Gasteiger charge is -2.35. The molecule has 0 aliphatic carbocycles. The van der Waals surface area contributed by atoms with Crippen molar-refractivity contribution in [3.8, 4) is 0 Å². The van der Waals surface area contributed by atoms with Gasteiger partial charge in [-0.3, -0.25) is 9.10 Å². The first kappa shape index (κ1) is 19.1. The molecule has 2 N–H and O–H groups in total. The quantitative estimate of drug-likeness (QED) is 0.807. The minimum atomic E-state index is -3.26. The Morgan fingerprint density at radius 2 is 2.08 bits per heavy atom. The van der Waals surface area contributed by atoms with Gasteiger partial charge in [0, 0.05) is 19.3 Å². The Balaban J connectivity index is 1.84. The molecule has 1 amide bonds. The number of aryl methyl sites for hydroxylation is 1. The molecule has 0 radical (unpaired) electrons. The van der Waals surface area contributed by atoms with Gasteiger partial charge in [0.05, 0.1) is 23.5 Å². The van der Waals surface area contributed by atoms with E-state index in [1.54, 1.807) is 13.2 Å². The summed E-state index contributed by atoms with van der Waals surface area (Å²) in [5.74, 6) is 0.104. The van der Waals surface area contributed by atoms with Crippen molar-refractivity contribution in [2.45, 2.75) is 26.2 Å². The summed E-state index contributed by atoms with van der Waals surface area (Å²) in [4.78, 5) is 13.0. The van der Waals surface area contributed by atoms with Gasteiger partial charge in [-0.1, -0.05) is 6.07 Å². The number of nitrogens with one attached hydrogen (secondary N) is 2. The first-order chi connectivity index (χ1) is 12.4. The van der Waals surface area contributed by atoms with E-state index in [-0.39, 0.29) is 11.7 Å². The van der Waals surface area contributed by atoms with Crippen molar-refractivity contribution in [1.82, 2.24) is 5.32 Å². The van der Waals surface area contributed by atoms with Crippen molar-refractivity contribution in [2.24, 2.45) is 5.41 Å². The molecule has 7 nitrogen and oxygen atoms in total. The number of sulfonamides is 1. The van der Waals surface area contributed by atoms with Crippen molar-refractivity contribution in [3.05, 3.63) is 23.8 Å². The second-order valence-corrected chi connectivity index (χ2v) is 9.17. The zero-order valence-electron chi connectivity index (χ0n) is 15.4. The molecule has 2 aliphatic rings. The van der Waals surface area contributed by atoms with Crippen molar-refractivity contribution < 1.29 is 17.9 Å². The van der Waals surface area contributed by atoms with Gasteiger partial charge in [0.2, 0.25) is 15.9 Å². The van der Waals surface area contributed by atoms with Crippen LogP contribution in [0.5, 0.6) is 0 Å². The lowest BCUT2D eigenvalue weighted by Crippen LogP contribution is -2.47. The first-order valence-electron chi connectivity index (χ1n) is 9.00. The zero-order valence-corrected chi connectivity index (χ0v) is 16.2. The second kappa shape index (κ2) is 7.54. The summed E-state index contributed by atoms with van der Waals surface area (Å²) in [7, 11) is -1.65. The molecule has 2 saturated heterocycles. The van der Waals surface area contributed by atoms with Crippen LogP contribution in [-0.2, 0) is 19.6 Å². The molecule has 1 aromatic rings. The van der Waals surface area contributed by atoms with Crippen LogP contribution in [0, 0.1) is 12.3 Å². The smallest absolute Gasteiger partial charge is 0.235 e. The number of carbonyl (C=O) groups excluding carboxylic acids is 1. The number of piperidine rings is 1. The molecule has 1 aromatic carbocycles. The molecular formula is C18H27N3O4S. The van der Waals surface area contributed by atoms with Crippen LogP contribution in [0.15, 0.2) is 18.2 Å². The van der Waals surface area contributed by atoms with E-state index in [4.69, 9.17) is 4.74 Å². The molecule has 0 unspecified atom stereocenters. The van der Waals surface area contributed by atoms with Crippen LogP contribution in [0.25, 0.3) is 0 Å². The van der Waals surface area contributed by atoms with E-state index >= 15 is 0 Å². The van der Waals surface area contributed by atoms with Gasteiger partial charge in [-0.15, -0.1) is 0 Å². The zero-order chi connectivity index (χ0) is 18.8. The van der Waals surface area contributed by atoms with Gasteiger partial charge in [-0.25, -0.2) is 8.42 Å². The van der Waals surface area contributed by atoms with Crippen LogP contribution in [0.1, 0.15) is 24.8 Å². The second-order valence-electron chi connectivity index (χ2n) is 7.16. The molecule has 144 valence electrons. The molecule has 26 heavy (non-hydrogen) atoms. The molecule has 2 heterocycles. The fourth-order valence-electron chi connectivity index (χ4n) is 3.75. The number of rotatable bonds is 5. The molecule has 3 rings (SSSR count). The number of hydrogen-bond donors (Lipinski definition) is 2. The number of carbonyl (C=O) groups is 1. The molecule has 0 atom stereocenters. The van der Waals surface area contributed by atoms with Crippen LogP contribution in [0.2, 0.25) is 0 Å². The molecule has 2 fully saturated rings. The van der Waals surface area contributed by atoms with Crippen LogP contribution < -0.4 is 14.9 Å². The third-order valence-electron chi connectivity index (χ3n) is 5.30. The predicted molar refractivity (Wildman–Crippen MR) is 102 cm³/mol. The fourth-order valence-corrected chi connectivity index (χ4v) is 5.37. The highest BCUT2D eigenvalue weighted by atomic mass is 32.2. The van der Waals surface area contributed by atoms with E-state index in [1.165, 1.54) is 4.31 Å². The van der Waals surface area contributed by atoms with Crippen LogP contribution in [0.4, 0.5) is 11.4 Å². The minimum Gasteiger partial charge on any atom is -0.384 e. The van der Waals surface area contributed by atoms with Crippen molar-refractivity contribution >= 4 is 27.3 Å². The van der Waals surface area contributed by atoms with Crippen molar-refractivity contribution in [2.75, 3.05) is 48.7 Å². The number of nitrogens with zero attached hydrogens (tertiary/aromatic N) is 1. The molecule has 8 heteroatoms. The molecular weight excluding hydrogens is 354 g/mol. The van der Waals surface area contributed by atoms with E-state index in [9.17, 15) is 13.2 Å². The Bertz CT molecular complexity index is 767. The molecule has 2 aliphatic heterocycles.